The molecule has 1 aromatic heterocycles. The number of nitrogens with one attached hydrogen (secondary N) is 1. The van der Waals surface area contributed by atoms with Crippen molar-refractivity contribution < 1.29 is 9.59 Å². The van der Waals surface area contributed by atoms with Crippen LogP contribution in [0, 0.1) is 5.41 Å². The molecule has 138 valence electrons. The topological polar surface area (TPSA) is 66.7 Å². The zero-order valence-corrected chi connectivity index (χ0v) is 16.0. The van der Waals surface area contributed by atoms with E-state index >= 15 is 0 Å². The van der Waals surface area contributed by atoms with Crippen molar-refractivity contribution in [2.24, 2.45) is 10.5 Å². The highest BCUT2D eigenvalue weighted by Crippen LogP contribution is 2.27. The summed E-state index contributed by atoms with van der Waals surface area (Å²) in [5, 5.41) is 9.73. The summed E-state index contributed by atoms with van der Waals surface area (Å²) in [7, 11) is 0. The molecule has 2 aromatic rings. The van der Waals surface area contributed by atoms with Gasteiger partial charge in [-0.15, -0.1) is 0 Å². The Morgan fingerprint density at radius 3 is 2.62 bits per heavy atom. The van der Waals surface area contributed by atoms with E-state index in [0.29, 0.717) is 12.2 Å². The van der Waals surface area contributed by atoms with E-state index in [1.165, 1.54) is 5.01 Å². The largest absolute Gasteiger partial charge is 0.352 e. The third kappa shape index (κ3) is 3.49. The van der Waals surface area contributed by atoms with Crippen LogP contribution < -0.4 is 5.32 Å². The Hall–Kier alpha value is -2.63. The second-order valence-electron chi connectivity index (χ2n) is 8.06. The van der Waals surface area contributed by atoms with Gasteiger partial charge in [-0.3, -0.25) is 9.59 Å². The van der Waals surface area contributed by atoms with Gasteiger partial charge in [-0.25, -0.2) is 5.01 Å². The molecule has 1 aliphatic heterocycles. The Balaban J connectivity index is 2.07. The molecule has 6 heteroatoms. The Labute approximate surface area is 153 Å². The molecule has 0 atom stereocenters. The SMILES string of the molecule is CC(C)NC(=O)CN1N=C(C(C)(C)C)Cn2c(cc3ccccc32)C1=O. The van der Waals surface area contributed by atoms with Crippen molar-refractivity contribution in [2.45, 2.75) is 47.2 Å². The van der Waals surface area contributed by atoms with Crippen LogP contribution in [0.4, 0.5) is 0 Å². The average molecular weight is 354 g/mol. The van der Waals surface area contributed by atoms with Crippen molar-refractivity contribution >= 4 is 28.4 Å². The number of para-hydroxylation sites is 1. The molecule has 0 bridgehead atoms. The van der Waals surface area contributed by atoms with E-state index in [0.717, 1.165) is 16.6 Å². The van der Waals surface area contributed by atoms with Crippen LogP contribution in [0.15, 0.2) is 35.4 Å². The Morgan fingerprint density at radius 1 is 1.27 bits per heavy atom. The van der Waals surface area contributed by atoms with Crippen molar-refractivity contribution in [3.8, 4) is 0 Å². The number of benzene rings is 1. The van der Waals surface area contributed by atoms with Gasteiger partial charge in [-0.2, -0.15) is 5.10 Å². The third-order valence-electron chi connectivity index (χ3n) is 4.42. The zero-order chi connectivity index (χ0) is 19.1. The van der Waals surface area contributed by atoms with Crippen LogP contribution >= 0.6 is 0 Å². The van der Waals surface area contributed by atoms with E-state index in [4.69, 9.17) is 0 Å². The summed E-state index contributed by atoms with van der Waals surface area (Å²) in [6, 6.07) is 9.82. The van der Waals surface area contributed by atoms with Crippen molar-refractivity contribution in [1.82, 2.24) is 14.9 Å². The van der Waals surface area contributed by atoms with Gasteiger partial charge in [0.05, 0.1) is 12.3 Å². The summed E-state index contributed by atoms with van der Waals surface area (Å²) in [4.78, 5) is 25.4. The summed E-state index contributed by atoms with van der Waals surface area (Å²) >= 11 is 0. The number of hydrogen-bond acceptors (Lipinski definition) is 3. The molecule has 0 unspecified atom stereocenters. The summed E-state index contributed by atoms with van der Waals surface area (Å²) in [6.45, 7) is 10.4. The predicted molar refractivity (Wildman–Crippen MR) is 103 cm³/mol. The molecule has 26 heavy (non-hydrogen) atoms. The maximum Gasteiger partial charge on any atom is 0.291 e. The van der Waals surface area contributed by atoms with Crippen LogP contribution in [0.3, 0.4) is 0 Å². The summed E-state index contributed by atoms with van der Waals surface area (Å²) in [5.74, 6) is -0.464. The standard InChI is InChI=1S/C20H26N4O2/c1-13(2)21-18(25)12-24-19(26)16-10-14-8-6-7-9-15(14)23(16)11-17(22-24)20(3,4)5/h6-10,13H,11-12H2,1-5H3,(H,21,25). The number of hydrogen-bond donors (Lipinski definition) is 1. The van der Waals surface area contributed by atoms with Crippen molar-refractivity contribution in [3.63, 3.8) is 0 Å². The van der Waals surface area contributed by atoms with Crippen molar-refractivity contribution in [1.29, 1.82) is 0 Å². The number of rotatable bonds is 3. The Bertz CT molecular complexity index is 887. The van der Waals surface area contributed by atoms with Gasteiger partial charge in [0.1, 0.15) is 12.2 Å². The van der Waals surface area contributed by atoms with Gasteiger partial charge >= 0.3 is 0 Å². The Kier molecular flexibility index (Phi) is 4.61. The highest BCUT2D eigenvalue weighted by atomic mass is 16.2. The molecule has 0 fully saturated rings. The van der Waals surface area contributed by atoms with E-state index in [1.807, 2.05) is 48.7 Å². The molecular weight excluding hydrogens is 328 g/mol. The third-order valence-corrected chi connectivity index (χ3v) is 4.42. The second-order valence-corrected chi connectivity index (χ2v) is 8.06. The Morgan fingerprint density at radius 2 is 1.96 bits per heavy atom. The molecule has 0 saturated heterocycles. The molecule has 0 saturated carbocycles. The first kappa shape index (κ1) is 18.2. The van der Waals surface area contributed by atoms with Gasteiger partial charge in [-0.05, 0) is 26.0 Å². The van der Waals surface area contributed by atoms with Crippen LogP contribution in [0.2, 0.25) is 0 Å². The fourth-order valence-corrected chi connectivity index (χ4v) is 3.06. The lowest BCUT2D eigenvalue weighted by Crippen LogP contribution is -2.41. The van der Waals surface area contributed by atoms with E-state index in [9.17, 15) is 9.59 Å². The van der Waals surface area contributed by atoms with Gasteiger partial charge < -0.3 is 9.88 Å². The number of nitrogens with zero attached hydrogens (tertiary/aromatic N) is 3. The highest BCUT2D eigenvalue weighted by Gasteiger charge is 2.31. The minimum atomic E-state index is -0.251. The smallest absolute Gasteiger partial charge is 0.291 e. The lowest BCUT2D eigenvalue weighted by Gasteiger charge is -2.23. The molecule has 1 aromatic carbocycles. The number of hydrazone groups is 1. The molecule has 2 amide bonds. The normalized spacial score (nSPS) is 15.1. The van der Waals surface area contributed by atoms with Crippen LogP contribution in [0.5, 0.6) is 0 Å². The van der Waals surface area contributed by atoms with E-state index in [2.05, 4.69) is 31.2 Å². The molecule has 1 N–H and O–H groups in total. The van der Waals surface area contributed by atoms with Crippen LogP contribution in [-0.2, 0) is 11.3 Å². The van der Waals surface area contributed by atoms with Gasteiger partial charge in [0.25, 0.3) is 5.91 Å². The minimum Gasteiger partial charge on any atom is -0.352 e. The number of aromatic nitrogens is 1. The van der Waals surface area contributed by atoms with Crippen LogP contribution in [-0.4, -0.2) is 39.7 Å². The lowest BCUT2D eigenvalue weighted by atomic mass is 9.90. The number of fused-ring (bicyclic) bond motifs is 3. The fourth-order valence-electron chi connectivity index (χ4n) is 3.06. The first-order chi connectivity index (χ1) is 12.2. The number of carbonyl (C=O) groups excluding carboxylic acids is 2. The van der Waals surface area contributed by atoms with E-state index in [1.54, 1.807) is 0 Å². The molecule has 0 radical (unpaired) electrons. The van der Waals surface area contributed by atoms with Crippen molar-refractivity contribution in [3.05, 3.63) is 36.0 Å². The zero-order valence-electron chi connectivity index (χ0n) is 16.0. The summed E-state index contributed by atoms with van der Waals surface area (Å²) in [5.41, 5.74) is 2.20. The predicted octanol–water partition coefficient (Wildman–Crippen LogP) is 3.02. The molecule has 1 aliphatic rings. The monoisotopic (exact) mass is 354 g/mol. The van der Waals surface area contributed by atoms with Gasteiger partial charge in [-0.1, -0.05) is 39.0 Å². The summed E-state index contributed by atoms with van der Waals surface area (Å²) in [6.07, 6.45) is 0. The molecule has 3 rings (SSSR count). The van der Waals surface area contributed by atoms with Crippen LogP contribution in [0.25, 0.3) is 10.9 Å². The molecule has 0 spiro atoms. The first-order valence-corrected chi connectivity index (χ1v) is 8.94. The highest BCUT2D eigenvalue weighted by molar-refractivity contribution is 6.03. The van der Waals surface area contributed by atoms with Gasteiger partial charge in [0.15, 0.2) is 0 Å². The lowest BCUT2D eigenvalue weighted by molar-refractivity contribution is -0.122. The molecule has 6 nitrogen and oxygen atoms in total. The maximum absolute atomic E-state index is 13.1. The van der Waals surface area contributed by atoms with Gasteiger partial charge in [0.2, 0.25) is 5.91 Å². The summed E-state index contributed by atoms with van der Waals surface area (Å²) < 4.78 is 2.00. The second kappa shape index (κ2) is 6.59. The first-order valence-electron chi connectivity index (χ1n) is 8.94. The minimum absolute atomic E-state index is 0.0158. The molecular formula is C20H26N4O2. The molecule has 0 aliphatic carbocycles. The van der Waals surface area contributed by atoms with E-state index in [-0.39, 0.29) is 29.8 Å². The number of amides is 2. The molecule has 2 heterocycles. The van der Waals surface area contributed by atoms with Crippen molar-refractivity contribution in [2.75, 3.05) is 6.54 Å². The number of carbonyl (C=O) groups is 2. The fraction of sp³-hybridized carbons (Fsp3) is 0.450. The average Bonchev–Trinajstić information content (AvgIpc) is 2.83. The van der Waals surface area contributed by atoms with Crippen LogP contribution in [0.1, 0.15) is 45.1 Å². The maximum atomic E-state index is 13.1. The van der Waals surface area contributed by atoms with E-state index < -0.39 is 0 Å². The van der Waals surface area contributed by atoms with Gasteiger partial charge in [0, 0.05) is 22.4 Å². The quantitative estimate of drug-likeness (QED) is 0.921.